The maximum absolute atomic E-state index is 7.75. The Hall–Kier alpha value is -0.820. The van der Waals surface area contributed by atoms with Crippen LogP contribution >= 0.6 is 0 Å². The molecule has 1 nitrogen and oxygen atoms in total. The van der Waals surface area contributed by atoms with Gasteiger partial charge in [-0.15, -0.1) is 0 Å². The molecule has 1 aliphatic carbocycles. The van der Waals surface area contributed by atoms with Gasteiger partial charge in [0.05, 0.1) is 0 Å². The van der Waals surface area contributed by atoms with Crippen molar-refractivity contribution >= 4 is 0 Å². The molecule has 0 amide bonds. The van der Waals surface area contributed by atoms with Gasteiger partial charge in [-0.05, 0) is 30.4 Å². The van der Waals surface area contributed by atoms with Crippen LogP contribution < -0.4 is 5.73 Å². The van der Waals surface area contributed by atoms with Crippen LogP contribution in [0.5, 0.6) is 0 Å². The summed E-state index contributed by atoms with van der Waals surface area (Å²) in [6.45, 7) is 0. The van der Waals surface area contributed by atoms with Crippen molar-refractivity contribution in [2.45, 2.75) is 25.3 Å². The summed E-state index contributed by atoms with van der Waals surface area (Å²) in [5.41, 5.74) is 10.4. The SMILES string of the molecule is [NH][C@H]1CCCc2ccccc21. The van der Waals surface area contributed by atoms with Crippen molar-refractivity contribution in [2.24, 2.45) is 0 Å². The lowest BCUT2D eigenvalue weighted by Crippen LogP contribution is -2.09. The van der Waals surface area contributed by atoms with Crippen LogP contribution in [-0.2, 0) is 6.42 Å². The molecule has 1 N–H and O–H groups in total. The molecule has 1 radical (unpaired) electrons. The van der Waals surface area contributed by atoms with E-state index < -0.39 is 0 Å². The van der Waals surface area contributed by atoms with E-state index in [-0.39, 0.29) is 6.04 Å². The largest absolute Gasteiger partial charge is 0.250 e. The first-order valence-corrected chi connectivity index (χ1v) is 4.17. The van der Waals surface area contributed by atoms with Crippen LogP contribution in [0.15, 0.2) is 24.3 Å². The lowest BCUT2D eigenvalue weighted by atomic mass is 9.88. The zero-order chi connectivity index (χ0) is 7.68. The molecule has 0 unspecified atom stereocenters. The maximum atomic E-state index is 7.75. The number of hydrogen-bond acceptors (Lipinski definition) is 0. The van der Waals surface area contributed by atoms with Gasteiger partial charge in [-0.25, -0.2) is 5.73 Å². The molecule has 2 rings (SSSR count). The Morgan fingerprint density at radius 2 is 2.09 bits per heavy atom. The average Bonchev–Trinajstić information content (AvgIpc) is 2.06. The minimum atomic E-state index is 0.0416. The van der Waals surface area contributed by atoms with Crippen molar-refractivity contribution in [3.63, 3.8) is 0 Å². The molecule has 1 atom stereocenters. The minimum Gasteiger partial charge on any atom is -0.250 e. The van der Waals surface area contributed by atoms with E-state index in [2.05, 4.69) is 18.2 Å². The van der Waals surface area contributed by atoms with Gasteiger partial charge in [-0.3, -0.25) is 0 Å². The van der Waals surface area contributed by atoms with Gasteiger partial charge < -0.3 is 0 Å². The second-order valence-electron chi connectivity index (χ2n) is 3.14. The molecule has 0 saturated heterocycles. The van der Waals surface area contributed by atoms with Gasteiger partial charge in [-0.2, -0.15) is 0 Å². The second kappa shape index (κ2) is 2.67. The van der Waals surface area contributed by atoms with Gasteiger partial charge >= 0.3 is 0 Å². The second-order valence-corrected chi connectivity index (χ2v) is 3.14. The third kappa shape index (κ3) is 1.16. The van der Waals surface area contributed by atoms with Crippen LogP contribution in [-0.4, -0.2) is 0 Å². The summed E-state index contributed by atoms with van der Waals surface area (Å²) >= 11 is 0. The van der Waals surface area contributed by atoms with Crippen molar-refractivity contribution in [3.05, 3.63) is 35.4 Å². The number of fused-ring (bicyclic) bond motifs is 1. The third-order valence-corrected chi connectivity index (χ3v) is 2.37. The van der Waals surface area contributed by atoms with Crippen LogP contribution in [0.1, 0.15) is 30.0 Å². The van der Waals surface area contributed by atoms with Crippen molar-refractivity contribution in [2.75, 3.05) is 0 Å². The number of benzene rings is 1. The zero-order valence-corrected chi connectivity index (χ0v) is 6.51. The van der Waals surface area contributed by atoms with Crippen LogP contribution in [0.4, 0.5) is 0 Å². The van der Waals surface area contributed by atoms with Crippen LogP contribution in [0.25, 0.3) is 0 Å². The molecule has 0 fully saturated rings. The number of aryl methyl sites for hydroxylation is 1. The summed E-state index contributed by atoms with van der Waals surface area (Å²) < 4.78 is 0. The highest BCUT2D eigenvalue weighted by molar-refractivity contribution is 5.31. The first-order valence-electron chi connectivity index (χ1n) is 4.17. The molecule has 0 saturated carbocycles. The van der Waals surface area contributed by atoms with E-state index in [9.17, 15) is 0 Å². The van der Waals surface area contributed by atoms with Crippen LogP contribution in [0.3, 0.4) is 0 Å². The predicted octanol–water partition coefficient (Wildman–Crippen LogP) is 2.35. The van der Waals surface area contributed by atoms with Crippen LogP contribution in [0, 0.1) is 0 Å². The molecule has 1 aromatic rings. The Balaban J connectivity index is 2.44. The molecule has 0 heterocycles. The molecule has 1 aliphatic rings. The first-order chi connectivity index (χ1) is 5.38. The summed E-state index contributed by atoms with van der Waals surface area (Å²) in [6.07, 6.45) is 3.40. The van der Waals surface area contributed by atoms with E-state index in [0.29, 0.717) is 0 Å². The van der Waals surface area contributed by atoms with Gasteiger partial charge in [0.25, 0.3) is 0 Å². The molecular weight excluding hydrogens is 134 g/mol. The molecule has 11 heavy (non-hydrogen) atoms. The Kier molecular flexibility index (Phi) is 1.66. The topological polar surface area (TPSA) is 23.8 Å². The molecule has 1 aromatic carbocycles. The summed E-state index contributed by atoms with van der Waals surface area (Å²) in [6, 6.07) is 8.38. The van der Waals surface area contributed by atoms with Gasteiger partial charge in [-0.1, -0.05) is 24.3 Å². The molecule has 57 valence electrons. The fourth-order valence-corrected chi connectivity index (χ4v) is 1.75. The molecule has 0 aliphatic heterocycles. The van der Waals surface area contributed by atoms with Crippen molar-refractivity contribution in [1.82, 2.24) is 5.73 Å². The van der Waals surface area contributed by atoms with Gasteiger partial charge in [0.1, 0.15) is 0 Å². The highest BCUT2D eigenvalue weighted by Gasteiger charge is 2.15. The van der Waals surface area contributed by atoms with Gasteiger partial charge in [0, 0.05) is 6.04 Å². The monoisotopic (exact) mass is 146 g/mol. The number of nitrogens with one attached hydrogen (secondary N) is 1. The lowest BCUT2D eigenvalue weighted by Gasteiger charge is -2.20. The molecule has 0 bridgehead atoms. The molecule has 0 aromatic heterocycles. The predicted molar refractivity (Wildman–Crippen MR) is 45.2 cm³/mol. The van der Waals surface area contributed by atoms with Crippen molar-refractivity contribution in [1.29, 1.82) is 0 Å². The van der Waals surface area contributed by atoms with E-state index >= 15 is 0 Å². The van der Waals surface area contributed by atoms with Crippen LogP contribution in [0.2, 0.25) is 0 Å². The summed E-state index contributed by atoms with van der Waals surface area (Å²) in [4.78, 5) is 0. The molecular formula is C10H12N. The zero-order valence-electron chi connectivity index (χ0n) is 6.51. The maximum Gasteiger partial charge on any atom is 0.0465 e. The quantitative estimate of drug-likeness (QED) is 0.536. The minimum absolute atomic E-state index is 0.0416. The van der Waals surface area contributed by atoms with Crippen molar-refractivity contribution in [3.8, 4) is 0 Å². The molecule has 1 heteroatoms. The first kappa shape index (κ1) is 6.86. The highest BCUT2D eigenvalue weighted by atomic mass is 14.6. The fraction of sp³-hybridized carbons (Fsp3) is 0.400. The molecule has 0 spiro atoms. The summed E-state index contributed by atoms with van der Waals surface area (Å²) in [7, 11) is 0. The van der Waals surface area contributed by atoms with E-state index in [4.69, 9.17) is 5.73 Å². The van der Waals surface area contributed by atoms with E-state index in [0.717, 1.165) is 6.42 Å². The normalized spacial score (nSPS) is 22.8. The van der Waals surface area contributed by atoms with Gasteiger partial charge in [0.15, 0.2) is 0 Å². The van der Waals surface area contributed by atoms with E-state index in [1.165, 1.54) is 24.0 Å². The Morgan fingerprint density at radius 3 is 2.91 bits per heavy atom. The summed E-state index contributed by atoms with van der Waals surface area (Å²) in [5, 5.41) is 0. The lowest BCUT2D eigenvalue weighted by molar-refractivity contribution is 0.557. The smallest absolute Gasteiger partial charge is 0.0465 e. The number of rotatable bonds is 0. The van der Waals surface area contributed by atoms with E-state index in [1.54, 1.807) is 0 Å². The van der Waals surface area contributed by atoms with Gasteiger partial charge in [0.2, 0.25) is 0 Å². The highest BCUT2D eigenvalue weighted by Crippen LogP contribution is 2.28. The van der Waals surface area contributed by atoms with E-state index in [1.807, 2.05) is 6.07 Å². The number of hydrogen-bond donors (Lipinski definition) is 0. The average molecular weight is 146 g/mol. The fourth-order valence-electron chi connectivity index (χ4n) is 1.75. The summed E-state index contributed by atoms with van der Waals surface area (Å²) in [5.74, 6) is 0. The Bertz CT molecular complexity index is 255. The Labute approximate surface area is 67.2 Å². The Morgan fingerprint density at radius 1 is 1.27 bits per heavy atom. The van der Waals surface area contributed by atoms with Crippen molar-refractivity contribution < 1.29 is 0 Å². The third-order valence-electron chi connectivity index (χ3n) is 2.37. The standard InChI is InChI=1S/C10H12N/c11-10-7-3-5-8-4-1-2-6-9(8)10/h1-2,4,6,10-11H,3,5,7H2/t10-/m0/s1.